The molecule has 74 valence electrons. The average Bonchev–Trinajstić information content (AvgIpc) is 2.10. The van der Waals surface area contributed by atoms with Crippen LogP contribution in [0.5, 0.6) is 0 Å². The van der Waals surface area contributed by atoms with Crippen LogP contribution in [0, 0.1) is 0 Å². The molecule has 6 nitrogen and oxygen atoms in total. The van der Waals surface area contributed by atoms with Crippen molar-refractivity contribution in [1.29, 1.82) is 0 Å². The lowest BCUT2D eigenvalue weighted by Gasteiger charge is -2.03. The molecule has 0 bridgehead atoms. The third-order valence-electron chi connectivity index (χ3n) is 1.20. The number of hydrogen-bond donors (Lipinski definition) is 3. The molecule has 0 rings (SSSR count). The number of carboxylic acids is 1. The fourth-order valence-electron chi connectivity index (χ4n) is 0.541. The molecule has 0 saturated carbocycles. The van der Waals surface area contributed by atoms with E-state index in [9.17, 15) is 14.4 Å². The van der Waals surface area contributed by atoms with Crippen molar-refractivity contribution >= 4 is 28.0 Å². The summed E-state index contributed by atoms with van der Waals surface area (Å²) >= 11 is 0. The summed E-state index contributed by atoms with van der Waals surface area (Å²) in [7, 11) is 0.745. The van der Waals surface area contributed by atoms with Gasteiger partial charge in [-0.1, -0.05) is 0 Å². The quantitative estimate of drug-likeness (QED) is 0.418. The summed E-state index contributed by atoms with van der Waals surface area (Å²) in [5.74, 6) is -1.79. The van der Waals surface area contributed by atoms with Crippen molar-refractivity contribution in [2.75, 3.05) is 13.1 Å². The largest absolute Gasteiger partial charge is 0.480 e. The molecule has 0 spiro atoms. The highest BCUT2D eigenvalue weighted by molar-refractivity contribution is 6.19. The van der Waals surface area contributed by atoms with Crippen LogP contribution in [-0.2, 0) is 14.4 Å². The van der Waals surface area contributed by atoms with Crippen molar-refractivity contribution in [3.05, 3.63) is 0 Å². The molecule has 0 aliphatic rings. The predicted octanol–water partition coefficient (Wildman–Crippen LogP) is -2.91. The molecule has 0 fully saturated rings. The molecule has 0 aliphatic heterocycles. The van der Waals surface area contributed by atoms with Crippen LogP contribution in [0.2, 0.25) is 6.04 Å². The number of rotatable bonds is 5. The highest BCUT2D eigenvalue weighted by Crippen LogP contribution is 1.71. The molecule has 0 atom stereocenters. The van der Waals surface area contributed by atoms with Gasteiger partial charge in [-0.25, -0.2) is 0 Å². The number of carbonyl (C=O) groups excluding carboxylic acids is 2. The van der Waals surface area contributed by atoms with Crippen molar-refractivity contribution in [2.45, 2.75) is 6.04 Å². The Morgan fingerprint density at radius 3 is 2.08 bits per heavy atom. The van der Waals surface area contributed by atoms with Crippen LogP contribution in [0.4, 0.5) is 0 Å². The van der Waals surface area contributed by atoms with Gasteiger partial charge in [0.1, 0.15) is 6.54 Å². The second-order valence-electron chi connectivity index (χ2n) is 2.30. The van der Waals surface area contributed by atoms with E-state index in [1.165, 1.54) is 0 Å². The highest BCUT2D eigenvalue weighted by Gasteiger charge is 2.04. The van der Waals surface area contributed by atoms with E-state index in [4.69, 9.17) is 5.11 Å². The van der Waals surface area contributed by atoms with E-state index >= 15 is 0 Å². The van der Waals surface area contributed by atoms with Crippen molar-refractivity contribution in [2.24, 2.45) is 0 Å². The molecular formula is C6H12N2O4Si. The number of amides is 2. The molecule has 0 unspecified atom stereocenters. The molecule has 0 aromatic rings. The van der Waals surface area contributed by atoms with Crippen molar-refractivity contribution in [3.8, 4) is 0 Å². The van der Waals surface area contributed by atoms with E-state index in [2.05, 4.69) is 10.6 Å². The minimum absolute atomic E-state index is 0.158. The van der Waals surface area contributed by atoms with Crippen LogP contribution in [0.25, 0.3) is 0 Å². The molecule has 7 heteroatoms. The first-order chi connectivity index (χ1) is 6.06. The zero-order valence-electron chi connectivity index (χ0n) is 7.29. The van der Waals surface area contributed by atoms with Gasteiger partial charge >= 0.3 is 5.97 Å². The topological polar surface area (TPSA) is 95.5 Å². The van der Waals surface area contributed by atoms with Gasteiger partial charge in [-0.3, -0.25) is 14.4 Å². The van der Waals surface area contributed by atoms with Gasteiger partial charge in [0.15, 0.2) is 0 Å². The standard InChI is InChI=1S/C6H12N2O4Si/c9-4(8-2-6(11)12)1-7-5(10)3-13/h1-3H2,13H3,(H,7,10)(H,8,9)(H,11,12). The molecule has 2 amide bonds. The molecule has 0 radical (unpaired) electrons. The minimum atomic E-state index is -1.11. The number of aliphatic carboxylic acids is 1. The maximum Gasteiger partial charge on any atom is 0.322 e. The predicted molar refractivity (Wildman–Crippen MR) is 48.4 cm³/mol. The Labute approximate surface area is 78.1 Å². The van der Waals surface area contributed by atoms with Crippen LogP contribution in [0.1, 0.15) is 0 Å². The Morgan fingerprint density at radius 2 is 1.62 bits per heavy atom. The Balaban J connectivity index is 3.52. The first kappa shape index (κ1) is 11.6. The summed E-state index contributed by atoms with van der Waals surface area (Å²) in [4.78, 5) is 31.5. The normalized spacial score (nSPS) is 9.23. The Morgan fingerprint density at radius 1 is 1.08 bits per heavy atom. The van der Waals surface area contributed by atoms with Gasteiger partial charge in [0.05, 0.1) is 6.54 Å². The summed E-state index contributed by atoms with van der Waals surface area (Å²) in [6.45, 7) is -0.579. The lowest BCUT2D eigenvalue weighted by molar-refractivity contribution is -0.137. The number of nitrogens with one attached hydrogen (secondary N) is 2. The van der Waals surface area contributed by atoms with Crippen LogP contribution in [0.15, 0.2) is 0 Å². The van der Waals surface area contributed by atoms with Crippen molar-refractivity contribution in [3.63, 3.8) is 0 Å². The van der Waals surface area contributed by atoms with Gasteiger partial charge in [-0.2, -0.15) is 0 Å². The van der Waals surface area contributed by atoms with Crippen LogP contribution >= 0.6 is 0 Å². The smallest absolute Gasteiger partial charge is 0.322 e. The molecule has 0 aromatic heterocycles. The second kappa shape index (κ2) is 6.18. The molecule has 0 saturated heterocycles. The third-order valence-corrected chi connectivity index (χ3v) is 1.85. The lowest BCUT2D eigenvalue weighted by atomic mass is 10.5. The molecule has 3 N–H and O–H groups in total. The summed E-state index contributed by atoms with van der Waals surface area (Å²) in [5, 5.41) is 12.7. The molecule has 0 aromatic carbocycles. The van der Waals surface area contributed by atoms with Gasteiger partial charge in [0.25, 0.3) is 0 Å². The van der Waals surface area contributed by atoms with Crippen molar-refractivity contribution < 1.29 is 19.5 Å². The number of hydrogen-bond acceptors (Lipinski definition) is 3. The van der Waals surface area contributed by atoms with E-state index in [0.717, 1.165) is 10.2 Å². The second-order valence-corrected chi connectivity index (χ2v) is 3.01. The highest BCUT2D eigenvalue weighted by atomic mass is 28.1. The Hall–Kier alpha value is -1.37. The Bertz CT molecular complexity index is 219. The fourth-order valence-corrected chi connectivity index (χ4v) is 0.791. The summed E-state index contributed by atoms with van der Waals surface area (Å²) in [6, 6.07) is 0.437. The van der Waals surface area contributed by atoms with Crippen molar-refractivity contribution in [1.82, 2.24) is 10.6 Å². The summed E-state index contributed by atoms with van der Waals surface area (Å²) in [5.41, 5.74) is 0. The summed E-state index contributed by atoms with van der Waals surface area (Å²) in [6.07, 6.45) is 0. The number of carboxylic acid groups (broad SMARTS) is 1. The lowest BCUT2D eigenvalue weighted by Crippen LogP contribution is -2.38. The molecule has 13 heavy (non-hydrogen) atoms. The zero-order chi connectivity index (χ0) is 10.3. The van der Waals surface area contributed by atoms with Crippen LogP contribution in [-0.4, -0.2) is 46.2 Å². The van der Waals surface area contributed by atoms with Crippen LogP contribution in [0.3, 0.4) is 0 Å². The Kier molecular flexibility index (Phi) is 5.52. The average molecular weight is 204 g/mol. The van der Waals surface area contributed by atoms with Gasteiger partial charge in [-0.15, -0.1) is 0 Å². The first-order valence-corrected chi connectivity index (χ1v) is 5.23. The summed E-state index contributed by atoms with van der Waals surface area (Å²) < 4.78 is 0. The van der Waals surface area contributed by atoms with Crippen LogP contribution < -0.4 is 10.6 Å². The maximum atomic E-state index is 10.8. The molecule has 0 heterocycles. The SMILES string of the molecule is O=C(O)CNC(=O)CNC(=O)C[SiH3]. The van der Waals surface area contributed by atoms with Gasteiger partial charge in [0, 0.05) is 16.3 Å². The number of carbonyl (C=O) groups is 3. The van der Waals surface area contributed by atoms with Gasteiger partial charge < -0.3 is 15.7 Å². The zero-order valence-corrected chi connectivity index (χ0v) is 9.29. The van der Waals surface area contributed by atoms with E-state index in [0.29, 0.717) is 6.04 Å². The minimum Gasteiger partial charge on any atom is -0.480 e. The third kappa shape index (κ3) is 7.00. The van der Waals surface area contributed by atoms with E-state index in [1.54, 1.807) is 0 Å². The maximum absolute atomic E-state index is 10.8. The van der Waals surface area contributed by atoms with Gasteiger partial charge in [-0.05, 0) is 0 Å². The first-order valence-electron chi connectivity index (χ1n) is 3.81. The van der Waals surface area contributed by atoms with E-state index < -0.39 is 18.4 Å². The fraction of sp³-hybridized carbons (Fsp3) is 0.500. The molecule has 0 aliphatic carbocycles. The van der Waals surface area contributed by atoms with Gasteiger partial charge in [0.2, 0.25) is 11.8 Å². The molecular weight excluding hydrogens is 192 g/mol. The van der Waals surface area contributed by atoms with E-state index in [1.807, 2.05) is 0 Å². The monoisotopic (exact) mass is 204 g/mol. The van der Waals surface area contributed by atoms with E-state index in [-0.39, 0.29) is 12.5 Å².